The molecule has 1 aliphatic carbocycles. The van der Waals surface area contributed by atoms with E-state index in [2.05, 4.69) is 0 Å². The lowest BCUT2D eigenvalue weighted by Gasteiger charge is -2.22. The number of sulfonamides is 1. The SMILES string of the molecule is COc1cc(N)ccc1S(=O)(=O)N(CCO)C1CC1. The number of nitrogens with zero attached hydrogens (tertiary/aromatic N) is 1. The van der Waals surface area contributed by atoms with E-state index >= 15 is 0 Å². The fourth-order valence-electron chi connectivity index (χ4n) is 1.98. The van der Waals surface area contributed by atoms with E-state index in [1.807, 2.05) is 0 Å². The largest absolute Gasteiger partial charge is 0.495 e. The molecule has 0 bridgehead atoms. The minimum absolute atomic E-state index is 0.0144. The normalized spacial score (nSPS) is 15.7. The monoisotopic (exact) mass is 286 g/mol. The van der Waals surface area contributed by atoms with Crippen molar-refractivity contribution in [3.63, 3.8) is 0 Å². The van der Waals surface area contributed by atoms with Gasteiger partial charge < -0.3 is 15.6 Å². The van der Waals surface area contributed by atoms with E-state index in [0.717, 1.165) is 12.8 Å². The molecule has 2 rings (SSSR count). The topological polar surface area (TPSA) is 92.9 Å². The van der Waals surface area contributed by atoms with Crippen LogP contribution in [0.1, 0.15) is 12.8 Å². The Morgan fingerprint density at radius 1 is 1.47 bits per heavy atom. The molecule has 1 aromatic rings. The van der Waals surface area contributed by atoms with Crippen LogP contribution in [0.25, 0.3) is 0 Å². The first-order chi connectivity index (χ1) is 9.00. The fraction of sp³-hybridized carbons (Fsp3) is 0.500. The molecule has 0 aliphatic heterocycles. The lowest BCUT2D eigenvalue weighted by atomic mass is 10.3. The lowest BCUT2D eigenvalue weighted by molar-refractivity contribution is 0.250. The van der Waals surface area contributed by atoms with Crippen molar-refractivity contribution in [1.29, 1.82) is 0 Å². The van der Waals surface area contributed by atoms with E-state index in [4.69, 9.17) is 15.6 Å². The van der Waals surface area contributed by atoms with Gasteiger partial charge in [-0.3, -0.25) is 0 Å². The smallest absolute Gasteiger partial charge is 0.247 e. The first-order valence-electron chi connectivity index (χ1n) is 6.07. The maximum absolute atomic E-state index is 12.6. The molecule has 0 amide bonds. The van der Waals surface area contributed by atoms with Crippen LogP contribution in [0.5, 0.6) is 5.75 Å². The number of anilines is 1. The number of hydrogen-bond donors (Lipinski definition) is 2. The number of nitrogen functional groups attached to an aromatic ring is 1. The summed E-state index contributed by atoms with van der Waals surface area (Å²) in [4.78, 5) is 0.0875. The number of ether oxygens (including phenoxy) is 1. The van der Waals surface area contributed by atoms with Crippen molar-refractivity contribution in [3.05, 3.63) is 18.2 Å². The molecule has 1 aliphatic rings. The van der Waals surface area contributed by atoms with Crippen molar-refractivity contribution in [2.75, 3.05) is 26.0 Å². The van der Waals surface area contributed by atoms with Crippen LogP contribution in [0, 0.1) is 0 Å². The summed E-state index contributed by atoms with van der Waals surface area (Å²) in [6, 6.07) is 4.44. The van der Waals surface area contributed by atoms with Crippen LogP contribution in [-0.2, 0) is 10.0 Å². The highest BCUT2D eigenvalue weighted by Crippen LogP contribution is 2.35. The van der Waals surface area contributed by atoms with Crippen molar-refractivity contribution >= 4 is 15.7 Å². The van der Waals surface area contributed by atoms with Crippen molar-refractivity contribution in [2.24, 2.45) is 0 Å². The van der Waals surface area contributed by atoms with Crippen LogP contribution < -0.4 is 10.5 Å². The zero-order valence-corrected chi connectivity index (χ0v) is 11.6. The second kappa shape index (κ2) is 5.36. The molecule has 3 N–H and O–H groups in total. The van der Waals surface area contributed by atoms with Gasteiger partial charge in [0.1, 0.15) is 10.6 Å². The third kappa shape index (κ3) is 2.83. The average molecular weight is 286 g/mol. The van der Waals surface area contributed by atoms with Gasteiger partial charge in [0, 0.05) is 24.3 Å². The summed E-state index contributed by atoms with van der Waals surface area (Å²) in [5.74, 6) is 0.226. The van der Waals surface area contributed by atoms with Crippen LogP contribution in [-0.4, -0.2) is 44.1 Å². The van der Waals surface area contributed by atoms with Crippen molar-refractivity contribution < 1.29 is 18.3 Å². The average Bonchev–Trinajstić information content (AvgIpc) is 3.19. The number of methoxy groups -OCH3 is 1. The quantitative estimate of drug-likeness (QED) is 0.739. The van der Waals surface area contributed by atoms with Gasteiger partial charge in [0.2, 0.25) is 10.0 Å². The van der Waals surface area contributed by atoms with Gasteiger partial charge in [-0.15, -0.1) is 0 Å². The number of nitrogens with two attached hydrogens (primary N) is 1. The molecule has 106 valence electrons. The Hall–Kier alpha value is -1.31. The highest BCUT2D eigenvalue weighted by molar-refractivity contribution is 7.89. The first kappa shape index (κ1) is 14.1. The van der Waals surface area contributed by atoms with Crippen molar-refractivity contribution in [1.82, 2.24) is 4.31 Å². The van der Waals surface area contributed by atoms with Crippen molar-refractivity contribution in [2.45, 2.75) is 23.8 Å². The minimum atomic E-state index is -3.67. The molecule has 0 radical (unpaired) electrons. The third-order valence-corrected chi connectivity index (χ3v) is 5.04. The fourth-order valence-corrected chi connectivity index (χ4v) is 3.80. The van der Waals surface area contributed by atoms with Crippen LogP contribution >= 0.6 is 0 Å². The Labute approximate surface area is 112 Å². The van der Waals surface area contributed by atoms with Gasteiger partial charge in [-0.05, 0) is 25.0 Å². The van der Waals surface area contributed by atoms with Gasteiger partial charge in [-0.1, -0.05) is 0 Å². The Morgan fingerprint density at radius 3 is 2.68 bits per heavy atom. The summed E-state index contributed by atoms with van der Waals surface area (Å²) in [5.41, 5.74) is 6.07. The first-order valence-corrected chi connectivity index (χ1v) is 7.51. The summed E-state index contributed by atoms with van der Waals surface area (Å²) < 4.78 is 31.6. The third-order valence-electron chi connectivity index (χ3n) is 3.05. The van der Waals surface area contributed by atoms with Crippen molar-refractivity contribution in [3.8, 4) is 5.75 Å². The van der Waals surface area contributed by atoms with Crippen LogP contribution in [0.4, 0.5) is 5.69 Å². The molecule has 0 unspecified atom stereocenters. The number of hydrogen-bond acceptors (Lipinski definition) is 5. The number of benzene rings is 1. The Kier molecular flexibility index (Phi) is 3.98. The molecular formula is C12H18N2O4S. The Bertz CT molecular complexity index is 555. The number of aliphatic hydroxyl groups is 1. The molecular weight excluding hydrogens is 268 g/mol. The lowest BCUT2D eigenvalue weighted by Crippen LogP contribution is -2.35. The summed E-state index contributed by atoms with van der Waals surface area (Å²) in [6.45, 7) is -0.104. The molecule has 6 nitrogen and oxygen atoms in total. The molecule has 1 aromatic carbocycles. The number of rotatable bonds is 6. The molecule has 0 atom stereocenters. The summed E-state index contributed by atoms with van der Waals surface area (Å²) in [6.07, 6.45) is 1.66. The van der Waals surface area contributed by atoms with E-state index < -0.39 is 10.0 Å². The Balaban J connectivity index is 2.42. The molecule has 7 heteroatoms. The van der Waals surface area contributed by atoms with Crippen LogP contribution in [0.3, 0.4) is 0 Å². The van der Waals surface area contributed by atoms with Gasteiger partial charge in [-0.25, -0.2) is 8.42 Å². The second-order valence-electron chi connectivity index (χ2n) is 4.48. The van der Waals surface area contributed by atoms with Crippen LogP contribution in [0.15, 0.2) is 23.1 Å². The molecule has 19 heavy (non-hydrogen) atoms. The van der Waals surface area contributed by atoms with Gasteiger partial charge >= 0.3 is 0 Å². The maximum atomic E-state index is 12.6. The highest BCUT2D eigenvalue weighted by Gasteiger charge is 2.38. The van der Waals surface area contributed by atoms with E-state index in [1.165, 1.54) is 29.6 Å². The zero-order valence-electron chi connectivity index (χ0n) is 10.7. The van der Waals surface area contributed by atoms with Crippen LogP contribution in [0.2, 0.25) is 0 Å². The molecule has 0 heterocycles. The summed E-state index contributed by atoms with van der Waals surface area (Å²) in [7, 11) is -2.26. The van der Waals surface area contributed by atoms with Gasteiger partial charge in [0.25, 0.3) is 0 Å². The highest BCUT2D eigenvalue weighted by atomic mass is 32.2. The van der Waals surface area contributed by atoms with Gasteiger partial charge in [-0.2, -0.15) is 4.31 Å². The summed E-state index contributed by atoms with van der Waals surface area (Å²) in [5, 5.41) is 9.04. The van der Waals surface area contributed by atoms with Gasteiger partial charge in [0.15, 0.2) is 0 Å². The maximum Gasteiger partial charge on any atom is 0.247 e. The predicted octanol–water partition coefficient (Wildman–Crippen LogP) is 0.423. The molecule has 1 saturated carbocycles. The molecule has 0 saturated heterocycles. The minimum Gasteiger partial charge on any atom is -0.495 e. The summed E-state index contributed by atoms with van der Waals surface area (Å²) >= 11 is 0. The molecule has 1 fully saturated rings. The second-order valence-corrected chi connectivity index (χ2v) is 6.34. The predicted molar refractivity (Wildman–Crippen MR) is 71.4 cm³/mol. The van der Waals surface area contributed by atoms with E-state index in [-0.39, 0.29) is 29.8 Å². The number of aliphatic hydroxyl groups excluding tert-OH is 1. The standard InChI is InChI=1S/C12H18N2O4S/c1-18-11-8-9(13)2-5-12(11)19(16,17)14(6-7-15)10-3-4-10/h2,5,8,10,15H,3-4,6-7,13H2,1H3. The van der Waals surface area contributed by atoms with E-state index in [9.17, 15) is 8.42 Å². The van der Waals surface area contributed by atoms with Gasteiger partial charge in [0.05, 0.1) is 13.7 Å². The molecule has 0 spiro atoms. The van der Waals surface area contributed by atoms with E-state index in [1.54, 1.807) is 0 Å². The van der Waals surface area contributed by atoms with E-state index in [0.29, 0.717) is 5.69 Å². The molecule has 0 aromatic heterocycles. The Morgan fingerprint density at radius 2 is 2.16 bits per heavy atom. The zero-order chi connectivity index (χ0) is 14.0.